The summed E-state index contributed by atoms with van der Waals surface area (Å²) < 4.78 is 0. The zero-order valence-electron chi connectivity index (χ0n) is 25.9. The molecule has 8 aliphatic rings. The van der Waals surface area contributed by atoms with E-state index in [4.69, 9.17) is 0 Å². The van der Waals surface area contributed by atoms with E-state index in [-0.39, 0.29) is 0 Å². The normalized spacial score (nSPS) is 51.4. The molecule has 6 aliphatic carbocycles. The predicted octanol–water partition coefficient (Wildman–Crippen LogP) is 9.29. The Kier molecular flexibility index (Phi) is 7.92. The molecule has 0 aromatic rings. The van der Waals surface area contributed by atoms with Gasteiger partial charge in [-0.1, -0.05) is 89.2 Å². The maximum atomic E-state index is 4.54. The summed E-state index contributed by atoms with van der Waals surface area (Å²) in [7, 11) is 0. The lowest BCUT2D eigenvalue weighted by molar-refractivity contribution is 0.0720. The first-order valence-corrected chi connectivity index (χ1v) is 19.0. The lowest BCUT2D eigenvalue weighted by atomic mass is 9.62. The van der Waals surface area contributed by atoms with Crippen LogP contribution in [0.3, 0.4) is 0 Å². The van der Waals surface area contributed by atoms with Crippen LogP contribution in [0.1, 0.15) is 148 Å². The molecule has 2 saturated heterocycles. The second kappa shape index (κ2) is 11.6. The minimum atomic E-state index is 0.703. The van der Waals surface area contributed by atoms with E-state index in [2.05, 4.69) is 22.4 Å². The van der Waals surface area contributed by atoms with Crippen molar-refractivity contribution in [1.82, 2.24) is 10.2 Å². The molecule has 0 bridgehead atoms. The molecular weight excluding hydrogens is 484 g/mol. The Balaban J connectivity index is 0.991. The maximum Gasteiger partial charge on any atom is 0.0411 e. The van der Waals surface area contributed by atoms with E-state index in [0.29, 0.717) is 5.54 Å². The van der Waals surface area contributed by atoms with E-state index in [9.17, 15) is 0 Å². The minimum absolute atomic E-state index is 0.703. The van der Waals surface area contributed by atoms with Crippen molar-refractivity contribution < 1.29 is 0 Å². The maximum absolute atomic E-state index is 4.54. The zero-order chi connectivity index (χ0) is 26.5. The fraction of sp³-hybridized carbons (Fsp3) is 0.947. The minimum Gasteiger partial charge on any atom is -0.311 e. The number of nitrogens with zero attached hydrogens (tertiary/aromatic N) is 1. The third-order valence-corrected chi connectivity index (χ3v) is 15.0. The van der Waals surface area contributed by atoms with Crippen LogP contribution in [0.25, 0.3) is 0 Å². The summed E-state index contributed by atoms with van der Waals surface area (Å²) in [6.45, 7) is 1.47. The van der Waals surface area contributed by atoms with Crippen LogP contribution in [0, 0.1) is 47.3 Å². The van der Waals surface area contributed by atoms with E-state index in [1.54, 1.807) is 57.8 Å². The van der Waals surface area contributed by atoms with Crippen LogP contribution in [0.15, 0.2) is 12.2 Å². The van der Waals surface area contributed by atoms with Crippen molar-refractivity contribution in [3.8, 4) is 0 Å². The summed E-state index contributed by atoms with van der Waals surface area (Å²) in [5, 5.41) is 4.54. The SMILES string of the molecule is C1=CCC(C2CCCCC2NC2CC(C3CCCC(C4CCCCC4)C3)CC(C3N4CC5CCCCC534)C2)CC1. The van der Waals surface area contributed by atoms with Crippen molar-refractivity contribution in [2.75, 3.05) is 6.54 Å². The average molecular weight is 547 g/mol. The van der Waals surface area contributed by atoms with Gasteiger partial charge in [-0.2, -0.15) is 0 Å². The molecule has 5 saturated carbocycles. The summed E-state index contributed by atoms with van der Waals surface area (Å²) in [4.78, 5) is 3.05. The number of rotatable bonds is 6. The monoisotopic (exact) mass is 546 g/mol. The predicted molar refractivity (Wildman–Crippen MR) is 167 cm³/mol. The van der Waals surface area contributed by atoms with Gasteiger partial charge in [0.05, 0.1) is 0 Å². The van der Waals surface area contributed by atoms with Gasteiger partial charge in [-0.05, 0) is 118 Å². The Bertz CT molecular complexity index is 890. The summed E-state index contributed by atoms with van der Waals surface area (Å²) >= 11 is 0. The quantitative estimate of drug-likeness (QED) is 0.264. The third-order valence-electron chi connectivity index (χ3n) is 15.0. The topological polar surface area (TPSA) is 15.0 Å². The van der Waals surface area contributed by atoms with Gasteiger partial charge in [0.2, 0.25) is 0 Å². The number of hydrogen-bond donors (Lipinski definition) is 1. The van der Waals surface area contributed by atoms with Crippen LogP contribution in [0.4, 0.5) is 0 Å². The first kappa shape index (κ1) is 27.2. The van der Waals surface area contributed by atoms with Crippen molar-refractivity contribution in [2.24, 2.45) is 47.3 Å². The van der Waals surface area contributed by atoms with Crippen molar-refractivity contribution in [2.45, 2.75) is 171 Å². The summed E-state index contributed by atoms with van der Waals surface area (Å²) in [6.07, 6.45) is 39.9. The molecule has 12 atom stereocenters. The Morgan fingerprint density at radius 2 is 1.32 bits per heavy atom. The van der Waals surface area contributed by atoms with Crippen molar-refractivity contribution in [1.29, 1.82) is 0 Å². The highest BCUT2D eigenvalue weighted by molar-refractivity contribution is 5.30. The van der Waals surface area contributed by atoms with Crippen LogP contribution >= 0.6 is 0 Å². The van der Waals surface area contributed by atoms with Gasteiger partial charge in [0.25, 0.3) is 0 Å². The van der Waals surface area contributed by atoms with Gasteiger partial charge in [0.15, 0.2) is 0 Å². The fourth-order valence-corrected chi connectivity index (χ4v) is 13.1. The molecule has 2 nitrogen and oxygen atoms in total. The van der Waals surface area contributed by atoms with Crippen LogP contribution in [-0.2, 0) is 0 Å². The Morgan fingerprint density at radius 3 is 2.17 bits per heavy atom. The highest BCUT2D eigenvalue weighted by Crippen LogP contribution is 2.66. The van der Waals surface area contributed by atoms with Gasteiger partial charge in [-0.25, -0.2) is 0 Å². The first-order valence-electron chi connectivity index (χ1n) is 19.0. The van der Waals surface area contributed by atoms with Crippen LogP contribution < -0.4 is 5.32 Å². The Labute approximate surface area is 247 Å². The van der Waals surface area contributed by atoms with Crippen LogP contribution in [0.5, 0.6) is 0 Å². The van der Waals surface area contributed by atoms with Gasteiger partial charge in [0, 0.05) is 30.2 Å². The molecule has 12 unspecified atom stereocenters. The van der Waals surface area contributed by atoms with Gasteiger partial charge >= 0.3 is 0 Å². The Morgan fingerprint density at radius 1 is 0.575 bits per heavy atom. The van der Waals surface area contributed by atoms with E-state index < -0.39 is 0 Å². The van der Waals surface area contributed by atoms with E-state index in [1.165, 1.54) is 96.4 Å². The molecule has 0 amide bonds. The molecule has 1 spiro atoms. The van der Waals surface area contributed by atoms with Gasteiger partial charge in [-0.3, -0.25) is 4.90 Å². The third kappa shape index (κ3) is 5.00. The molecule has 8 rings (SSSR count). The average Bonchev–Trinajstić information content (AvgIpc) is 3.49. The summed E-state index contributed by atoms with van der Waals surface area (Å²) in [5.41, 5.74) is 0.703. The van der Waals surface area contributed by atoms with E-state index in [0.717, 1.165) is 65.5 Å². The lowest BCUT2D eigenvalue weighted by Crippen LogP contribution is -2.51. The molecule has 0 radical (unpaired) electrons. The van der Waals surface area contributed by atoms with Crippen LogP contribution in [0.2, 0.25) is 0 Å². The summed E-state index contributed by atoms with van der Waals surface area (Å²) in [5.74, 6) is 8.20. The lowest BCUT2D eigenvalue weighted by Gasteiger charge is -2.46. The van der Waals surface area contributed by atoms with Gasteiger partial charge in [0.1, 0.15) is 0 Å². The molecule has 0 aromatic heterocycles. The second-order valence-electron chi connectivity index (χ2n) is 16.8. The van der Waals surface area contributed by atoms with E-state index in [1.807, 2.05) is 0 Å². The number of nitrogens with one attached hydrogen (secondary N) is 1. The molecule has 0 aromatic carbocycles. The Hall–Kier alpha value is -0.340. The van der Waals surface area contributed by atoms with Crippen LogP contribution in [-0.4, -0.2) is 35.1 Å². The van der Waals surface area contributed by atoms with Crippen molar-refractivity contribution in [3.63, 3.8) is 0 Å². The molecule has 40 heavy (non-hydrogen) atoms. The largest absolute Gasteiger partial charge is 0.311 e. The number of hydrogen-bond acceptors (Lipinski definition) is 2. The standard InChI is InChI=1S/C38H62N2/c1-3-12-27(13-4-1)29-16-11-17-30(22-29)31-23-32(37-38-21-10-9-18-33(38)26-40(37)38)25-34(24-31)39-36-20-8-7-19-35(36)28-14-5-2-6-15-28/h2,5,27-37,39H,1,3-4,6-26H2. The molecule has 2 aliphatic heterocycles. The van der Waals surface area contributed by atoms with E-state index >= 15 is 0 Å². The zero-order valence-corrected chi connectivity index (χ0v) is 25.9. The van der Waals surface area contributed by atoms with Crippen molar-refractivity contribution >= 4 is 0 Å². The molecular formula is C38H62N2. The van der Waals surface area contributed by atoms with Crippen molar-refractivity contribution in [3.05, 3.63) is 12.2 Å². The molecule has 7 fully saturated rings. The molecule has 224 valence electrons. The molecule has 1 N–H and O–H groups in total. The molecule has 2 heterocycles. The summed E-state index contributed by atoms with van der Waals surface area (Å²) in [6, 6.07) is 2.60. The second-order valence-corrected chi connectivity index (χ2v) is 16.8. The first-order chi connectivity index (χ1) is 19.8. The fourth-order valence-electron chi connectivity index (χ4n) is 13.1. The number of allylic oxidation sites excluding steroid dienone is 2. The smallest absolute Gasteiger partial charge is 0.0411 e. The highest BCUT2D eigenvalue weighted by Gasteiger charge is 2.75. The highest BCUT2D eigenvalue weighted by atomic mass is 15.5. The van der Waals surface area contributed by atoms with Gasteiger partial charge in [-0.15, -0.1) is 0 Å². The molecule has 2 heteroatoms. The van der Waals surface area contributed by atoms with Gasteiger partial charge < -0.3 is 5.32 Å².